The van der Waals surface area contributed by atoms with Crippen molar-refractivity contribution >= 4 is 0 Å². The summed E-state index contributed by atoms with van der Waals surface area (Å²) >= 11 is 0. The largest absolute Gasteiger partial charge is 0.573 e. The SMILES string of the molecule is CCCOc1ccc(C#Cc2cc(F)c(C(F)(F)Oc3cc(F)c(C#Cc4cc(F)c(OC(F)(F)F)c(F)c4)c(F)c3)c(F)c2)c(F)c1. The molecule has 0 radical (unpaired) electrons. The molecule has 0 aliphatic rings. The smallest absolute Gasteiger partial charge is 0.494 e. The first kappa shape index (κ1) is 35.4. The second kappa shape index (κ2) is 14.1. The molecule has 4 aromatic rings. The highest BCUT2D eigenvalue weighted by Crippen LogP contribution is 2.36. The van der Waals surface area contributed by atoms with Gasteiger partial charge in [-0.05, 0) is 42.8 Å². The van der Waals surface area contributed by atoms with E-state index in [1.807, 2.05) is 12.8 Å². The van der Waals surface area contributed by atoms with Gasteiger partial charge in [-0.15, -0.1) is 13.2 Å². The van der Waals surface area contributed by atoms with Gasteiger partial charge in [0.2, 0.25) is 5.75 Å². The molecule has 0 aliphatic carbocycles. The highest BCUT2D eigenvalue weighted by Gasteiger charge is 2.41. The quantitative estimate of drug-likeness (QED) is 0.143. The summed E-state index contributed by atoms with van der Waals surface area (Å²) in [4.78, 5) is 0. The minimum atomic E-state index is -5.43. The fourth-order valence-electron chi connectivity index (χ4n) is 3.88. The molecular weight excluding hydrogens is 672 g/mol. The Morgan fingerprint density at radius 2 is 1.08 bits per heavy atom. The van der Waals surface area contributed by atoms with Gasteiger partial charge < -0.3 is 14.2 Å². The zero-order chi connectivity index (χ0) is 35.4. The van der Waals surface area contributed by atoms with Crippen LogP contribution in [0.1, 0.15) is 41.2 Å². The molecule has 0 aromatic heterocycles. The molecule has 0 bridgehead atoms. The van der Waals surface area contributed by atoms with Gasteiger partial charge >= 0.3 is 12.5 Å². The Morgan fingerprint density at radius 3 is 1.60 bits per heavy atom. The highest BCUT2D eigenvalue weighted by molar-refractivity contribution is 5.49. The van der Waals surface area contributed by atoms with Crippen LogP contribution in [0, 0.1) is 64.4 Å². The van der Waals surface area contributed by atoms with Crippen molar-refractivity contribution in [1.82, 2.24) is 0 Å². The van der Waals surface area contributed by atoms with Crippen molar-refractivity contribution in [2.24, 2.45) is 0 Å². The van der Waals surface area contributed by atoms with Gasteiger partial charge in [0.15, 0.2) is 11.6 Å². The van der Waals surface area contributed by atoms with Gasteiger partial charge in [-0.2, -0.15) is 8.78 Å². The molecule has 0 saturated heterocycles. The van der Waals surface area contributed by atoms with Crippen molar-refractivity contribution < 1.29 is 66.9 Å². The zero-order valence-electron chi connectivity index (χ0n) is 23.9. The number of hydrogen-bond acceptors (Lipinski definition) is 3. The van der Waals surface area contributed by atoms with Crippen LogP contribution in [0.25, 0.3) is 0 Å². The molecule has 0 spiro atoms. The average molecular weight is 688 g/mol. The van der Waals surface area contributed by atoms with E-state index in [0.29, 0.717) is 25.2 Å². The molecule has 0 unspecified atom stereocenters. The number of benzene rings is 4. The van der Waals surface area contributed by atoms with E-state index in [9.17, 15) is 52.7 Å². The van der Waals surface area contributed by atoms with Gasteiger partial charge in [0.25, 0.3) is 0 Å². The van der Waals surface area contributed by atoms with E-state index in [4.69, 9.17) is 4.74 Å². The zero-order valence-corrected chi connectivity index (χ0v) is 23.9. The van der Waals surface area contributed by atoms with E-state index < -0.39 is 86.9 Å². The number of hydrogen-bond donors (Lipinski definition) is 0. The van der Waals surface area contributed by atoms with Crippen molar-refractivity contribution in [3.63, 3.8) is 0 Å². The summed E-state index contributed by atoms with van der Waals surface area (Å²) in [6, 6.07) is 5.31. The summed E-state index contributed by atoms with van der Waals surface area (Å²) in [5, 5.41) is 0. The maximum atomic E-state index is 14.8. The van der Waals surface area contributed by atoms with Crippen molar-refractivity contribution in [3.8, 4) is 40.9 Å². The Labute approximate surface area is 263 Å². The summed E-state index contributed by atoms with van der Waals surface area (Å²) in [5.41, 5.74) is -4.46. The summed E-state index contributed by atoms with van der Waals surface area (Å²) < 4.78 is 180. The van der Waals surface area contributed by atoms with E-state index in [1.165, 1.54) is 12.1 Å². The highest BCUT2D eigenvalue weighted by atomic mass is 19.4. The topological polar surface area (TPSA) is 27.7 Å². The minimum Gasteiger partial charge on any atom is -0.494 e. The van der Waals surface area contributed by atoms with Gasteiger partial charge in [-0.3, -0.25) is 0 Å². The first-order chi connectivity index (χ1) is 22.5. The van der Waals surface area contributed by atoms with Gasteiger partial charge in [0, 0.05) is 29.3 Å². The lowest BCUT2D eigenvalue weighted by Gasteiger charge is -2.20. The molecule has 3 nitrogen and oxygen atoms in total. The van der Waals surface area contributed by atoms with Crippen LogP contribution in [0.3, 0.4) is 0 Å². The summed E-state index contributed by atoms with van der Waals surface area (Å²) in [6.45, 7) is 2.17. The van der Waals surface area contributed by atoms with Gasteiger partial charge in [0.05, 0.1) is 17.7 Å². The third kappa shape index (κ3) is 8.67. The second-order valence-corrected chi connectivity index (χ2v) is 9.50. The molecule has 250 valence electrons. The third-order valence-electron chi connectivity index (χ3n) is 5.90. The molecule has 4 rings (SSSR count). The van der Waals surface area contributed by atoms with Gasteiger partial charge in [0.1, 0.15) is 46.1 Å². The molecule has 0 N–H and O–H groups in total. The van der Waals surface area contributed by atoms with Crippen LogP contribution in [0.2, 0.25) is 0 Å². The van der Waals surface area contributed by atoms with Crippen molar-refractivity contribution in [1.29, 1.82) is 0 Å². The standard InChI is InChI=1S/C33H16F12O3/c1-2-9-46-20-7-6-19(23(34)14-20)5-3-17-10-26(37)30(27(38)11-17)32(41,42)47-21-15-24(35)22(25(36)16-21)8-4-18-12-28(39)31(29(40)13-18)48-33(43,44)45/h6-7,10-16H,2,9H2,1H3. The predicted molar refractivity (Wildman–Crippen MR) is 144 cm³/mol. The fraction of sp³-hybridized carbons (Fsp3) is 0.152. The van der Waals surface area contributed by atoms with E-state index >= 15 is 0 Å². The molecular formula is C33H16F12O3. The van der Waals surface area contributed by atoms with Gasteiger partial charge in [-0.1, -0.05) is 30.6 Å². The Hall–Kier alpha value is -5.44. The second-order valence-electron chi connectivity index (χ2n) is 9.50. The van der Waals surface area contributed by atoms with Crippen LogP contribution in [0.5, 0.6) is 17.2 Å². The lowest BCUT2D eigenvalue weighted by Crippen LogP contribution is -2.25. The third-order valence-corrected chi connectivity index (χ3v) is 5.90. The molecule has 48 heavy (non-hydrogen) atoms. The van der Waals surface area contributed by atoms with E-state index in [-0.39, 0.29) is 35.6 Å². The van der Waals surface area contributed by atoms with Gasteiger partial charge in [-0.25, -0.2) is 30.7 Å². The van der Waals surface area contributed by atoms with Crippen LogP contribution < -0.4 is 14.2 Å². The van der Waals surface area contributed by atoms with Crippen molar-refractivity contribution in [2.75, 3.05) is 6.61 Å². The van der Waals surface area contributed by atoms with E-state index in [1.54, 1.807) is 5.92 Å². The Kier molecular flexibility index (Phi) is 10.4. The summed E-state index contributed by atoms with van der Waals surface area (Å²) in [6.07, 6.45) is -9.63. The molecule has 4 aromatic carbocycles. The number of rotatable bonds is 7. The molecule has 0 heterocycles. The average Bonchev–Trinajstić information content (AvgIpc) is 2.96. The van der Waals surface area contributed by atoms with Crippen LogP contribution in [0.4, 0.5) is 52.7 Å². The maximum absolute atomic E-state index is 14.8. The van der Waals surface area contributed by atoms with Crippen LogP contribution >= 0.6 is 0 Å². The predicted octanol–water partition coefficient (Wildman–Crippen LogP) is 9.28. The first-order valence-corrected chi connectivity index (χ1v) is 13.2. The van der Waals surface area contributed by atoms with Crippen molar-refractivity contribution in [2.45, 2.75) is 25.8 Å². The van der Waals surface area contributed by atoms with E-state index in [2.05, 4.69) is 21.3 Å². The van der Waals surface area contributed by atoms with Crippen LogP contribution in [-0.4, -0.2) is 13.0 Å². The van der Waals surface area contributed by atoms with Crippen LogP contribution in [0.15, 0.2) is 54.6 Å². The fourth-order valence-corrected chi connectivity index (χ4v) is 3.88. The molecule has 0 amide bonds. The summed E-state index contributed by atoms with van der Waals surface area (Å²) in [5.74, 6) is -6.23. The van der Waals surface area contributed by atoms with Crippen molar-refractivity contribution in [3.05, 3.63) is 123 Å². The molecule has 15 heteroatoms. The number of alkyl halides is 5. The molecule has 0 saturated carbocycles. The Balaban J connectivity index is 1.55. The summed E-state index contributed by atoms with van der Waals surface area (Å²) in [7, 11) is 0. The first-order valence-electron chi connectivity index (χ1n) is 13.2. The Bertz CT molecular complexity index is 1910. The number of ether oxygens (including phenoxy) is 3. The lowest BCUT2D eigenvalue weighted by atomic mass is 10.1. The molecule has 0 aliphatic heterocycles. The molecule has 0 fully saturated rings. The monoisotopic (exact) mass is 688 g/mol. The minimum absolute atomic E-state index is 0.158. The Morgan fingerprint density at radius 1 is 0.562 bits per heavy atom. The maximum Gasteiger partial charge on any atom is 0.573 e. The van der Waals surface area contributed by atoms with Crippen LogP contribution in [-0.2, 0) is 6.11 Å². The van der Waals surface area contributed by atoms with E-state index in [0.717, 1.165) is 6.07 Å². The number of halogens is 12. The molecule has 0 atom stereocenters. The lowest BCUT2D eigenvalue weighted by molar-refractivity contribution is -0.276. The normalized spacial score (nSPS) is 11.3.